The molecule has 6 heteroatoms. The normalized spacial score (nSPS) is 11.5. The highest BCUT2D eigenvalue weighted by molar-refractivity contribution is 6.31. The van der Waals surface area contributed by atoms with Crippen molar-refractivity contribution in [2.45, 2.75) is 32.4 Å². The summed E-state index contributed by atoms with van der Waals surface area (Å²) in [4.78, 5) is 24.7. The molecule has 0 radical (unpaired) electrons. The zero-order valence-corrected chi connectivity index (χ0v) is 15.3. The number of ether oxygens (including phenoxy) is 1. The molecular weight excluding hydrogens is 352 g/mol. The monoisotopic (exact) mass is 370 g/mol. The Morgan fingerprint density at radius 2 is 1.92 bits per heavy atom. The van der Waals surface area contributed by atoms with Gasteiger partial charge in [-0.25, -0.2) is 0 Å². The molecule has 1 amide bonds. The molecule has 0 aliphatic carbocycles. The molecule has 0 heterocycles. The fourth-order valence-corrected chi connectivity index (χ4v) is 2.71. The molecule has 0 spiro atoms. The molecule has 0 saturated carbocycles. The van der Waals surface area contributed by atoms with Crippen LogP contribution < -0.4 is 5.32 Å². The molecule has 2 aromatic carbocycles. The van der Waals surface area contributed by atoms with Gasteiger partial charge >= 0.3 is 5.97 Å². The molecule has 2 aromatic rings. The van der Waals surface area contributed by atoms with E-state index in [1.54, 1.807) is 56.3 Å². The van der Waals surface area contributed by atoms with Gasteiger partial charge in [-0.3, -0.25) is 9.59 Å². The van der Waals surface area contributed by atoms with Gasteiger partial charge in [0.1, 0.15) is 0 Å². The van der Waals surface area contributed by atoms with Crippen molar-refractivity contribution in [3.63, 3.8) is 0 Å². The van der Waals surface area contributed by atoms with Crippen LogP contribution in [-0.4, -0.2) is 18.0 Å². The Kier molecular flexibility index (Phi) is 6.76. The number of benzene rings is 2. The van der Waals surface area contributed by atoms with Crippen LogP contribution in [0.3, 0.4) is 0 Å². The first-order chi connectivity index (χ1) is 12.4. The Labute approximate surface area is 157 Å². The Hall–Kier alpha value is -2.84. The van der Waals surface area contributed by atoms with Crippen molar-refractivity contribution < 1.29 is 14.3 Å². The summed E-state index contributed by atoms with van der Waals surface area (Å²) in [6.45, 7) is 3.52. The number of rotatable bonds is 6. The number of amides is 1. The fraction of sp³-hybridized carbons (Fsp3) is 0.250. The maximum Gasteiger partial charge on any atom is 0.308 e. The summed E-state index contributed by atoms with van der Waals surface area (Å²) in [5.74, 6) is -0.833. The number of nitrogens with one attached hydrogen (secondary N) is 1. The zero-order valence-electron chi connectivity index (χ0n) is 14.5. The van der Waals surface area contributed by atoms with Gasteiger partial charge in [-0.1, -0.05) is 35.9 Å². The lowest BCUT2D eigenvalue weighted by Crippen LogP contribution is -2.31. The number of nitrogens with zero attached hydrogens (tertiary/aromatic N) is 1. The number of nitriles is 1. The van der Waals surface area contributed by atoms with E-state index in [0.29, 0.717) is 21.7 Å². The number of carbonyl (C=O) groups is 2. The number of carbonyl (C=O) groups excluding carboxylic acids is 2. The standard InChI is InChI=1S/C20H19ClN2O3/c1-13(2)26-19(24)11-18(16-8-3-4-9-17(16)21)23-20(25)15-7-5-6-14(10-15)12-22/h3-10,13,18H,11H2,1-2H3,(H,23,25). The first kappa shape index (κ1) is 19.5. The van der Waals surface area contributed by atoms with Gasteiger partial charge in [-0.15, -0.1) is 0 Å². The Balaban J connectivity index is 2.26. The molecule has 0 aromatic heterocycles. The predicted molar refractivity (Wildman–Crippen MR) is 98.7 cm³/mol. The second-order valence-corrected chi connectivity index (χ2v) is 6.39. The number of esters is 1. The van der Waals surface area contributed by atoms with Crippen LogP contribution in [0.4, 0.5) is 0 Å². The lowest BCUT2D eigenvalue weighted by molar-refractivity contribution is -0.147. The minimum absolute atomic E-state index is 0.0500. The summed E-state index contributed by atoms with van der Waals surface area (Å²) >= 11 is 6.24. The average molecular weight is 371 g/mol. The minimum atomic E-state index is -0.645. The van der Waals surface area contributed by atoms with E-state index in [-0.39, 0.29) is 12.5 Å². The van der Waals surface area contributed by atoms with Gasteiger partial charge in [-0.05, 0) is 43.7 Å². The van der Waals surface area contributed by atoms with Crippen LogP contribution in [0.5, 0.6) is 0 Å². The van der Waals surface area contributed by atoms with Crippen molar-refractivity contribution in [3.05, 3.63) is 70.2 Å². The van der Waals surface area contributed by atoms with E-state index in [2.05, 4.69) is 5.32 Å². The molecule has 0 fully saturated rings. The van der Waals surface area contributed by atoms with E-state index < -0.39 is 17.9 Å². The summed E-state index contributed by atoms with van der Waals surface area (Å²) in [6.07, 6.45) is -0.302. The Bertz CT molecular complexity index is 843. The van der Waals surface area contributed by atoms with Crippen molar-refractivity contribution in [2.24, 2.45) is 0 Å². The van der Waals surface area contributed by atoms with Crippen LogP contribution in [0, 0.1) is 11.3 Å². The van der Waals surface area contributed by atoms with E-state index >= 15 is 0 Å². The fourth-order valence-electron chi connectivity index (χ4n) is 2.45. The van der Waals surface area contributed by atoms with Crippen LogP contribution in [0.2, 0.25) is 5.02 Å². The van der Waals surface area contributed by atoms with Crippen LogP contribution in [-0.2, 0) is 9.53 Å². The quantitative estimate of drug-likeness (QED) is 0.779. The third-order valence-electron chi connectivity index (χ3n) is 3.58. The van der Waals surface area contributed by atoms with Crippen LogP contribution in [0.15, 0.2) is 48.5 Å². The molecule has 1 unspecified atom stereocenters. The van der Waals surface area contributed by atoms with Crippen molar-refractivity contribution in [3.8, 4) is 6.07 Å². The van der Waals surface area contributed by atoms with Crippen LogP contribution in [0.1, 0.15) is 47.8 Å². The maximum atomic E-state index is 12.6. The van der Waals surface area contributed by atoms with Gasteiger partial charge in [0.2, 0.25) is 0 Å². The van der Waals surface area contributed by atoms with E-state index in [1.807, 2.05) is 6.07 Å². The molecule has 5 nitrogen and oxygen atoms in total. The summed E-state index contributed by atoms with van der Waals surface area (Å²) < 4.78 is 5.19. The molecule has 2 rings (SSSR count). The minimum Gasteiger partial charge on any atom is -0.463 e. The molecule has 26 heavy (non-hydrogen) atoms. The van der Waals surface area contributed by atoms with Gasteiger partial charge in [0.25, 0.3) is 5.91 Å². The highest BCUT2D eigenvalue weighted by atomic mass is 35.5. The molecule has 0 aliphatic rings. The lowest BCUT2D eigenvalue weighted by Gasteiger charge is -2.20. The van der Waals surface area contributed by atoms with Crippen molar-refractivity contribution in [2.75, 3.05) is 0 Å². The summed E-state index contributed by atoms with van der Waals surface area (Å²) in [6, 6.07) is 14.7. The lowest BCUT2D eigenvalue weighted by atomic mass is 10.0. The zero-order chi connectivity index (χ0) is 19.1. The molecule has 0 bridgehead atoms. The summed E-state index contributed by atoms with van der Waals surface area (Å²) in [5.41, 5.74) is 1.34. The molecule has 0 saturated heterocycles. The molecule has 134 valence electrons. The second kappa shape index (κ2) is 9.02. The van der Waals surface area contributed by atoms with Gasteiger partial charge in [0.15, 0.2) is 0 Å². The van der Waals surface area contributed by atoms with Gasteiger partial charge in [-0.2, -0.15) is 5.26 Å². The molecule has 0 aliphatic heterocycles. The van der Waals surface area contributed by atoms with Crippen LogP contribution in [0.25, 0.3) is 0 Å². The average Bonchev–Trinajstić information content (AvgIpc) is 2.61. The Morgan fingerprint density at radius 3 is 2.58 bits per heavy atom. The third kappa shape index (κ3) is 5.33. The van der Waals surface area contributed by atoms with E-state index in [9.17, 15) is 9.59 Å². The van der Waals surface area contributed by atoms with E-state index in [4.69, 9.17) is 21.6 Å². The topological polar surface area (TPSA) is 79.2 Å². The third-order valence-corrected chi connectivity index (χ3v) is 3.92. The SMILES string of the molecule is CC(C)OC(=O)CC(NC(=O)c1cccc(C#N)c1)c1ccccc1Cl. The number of hydrogen-bond donors (Lipinski definition) is 1. The van der Waals surface area contributed by atoms with E-state index in [0.717, 1.165) is 0 Å². The highest BCUT2D eigenvalue weighted by Gasteiger charge is 2.22. The summed E-state index contributed by atoms with van der Waals surface area (Å²) in [5, 5.41) is 12.2. The van der Waals surface area contributed by atoms with Crippen molar-refractivity contribution in [1.29, 1.82) is 5.26 Å². The molecule has 1 N–H and O–H groups in total. The molecular formula is C20H19ClN2O3. The number of hydrogen-bond acceptors (Lipinski definition) is 4. The van der Waals surface area contributed by atoms with Crippen LogP contribution >= 0.6 is 11.6 Å². The summed E-state index contributed by atoms with van der Waals surface area (Å²) in [7, 11) is 0. The highest BCUT2D eigenvalue weighted by Crippen LogP contribution is 2.26. The van der Waals surface area contributed by atoms with E-state index in [1.165, 1.54) is 6.07 Å². The largest absolute Gasteiger partial charge is 0.463 e. The van der Waals surface area contributed by atoms with Gasteiger partial charge < -0.3 is 10.1 Å². The maximum absolute atomic E-state index is 12.6. The predicted octanol–water partition coefficient (Wildman–Crippen LogP) is 4.02. The Morgan fingerprint density at radius 1 is 1.19 bits per heavy atom. The second-order valence-electron chi connectivity index (χ2n) is 5.98. The van der Waals surface area contributed by atoms with Crippen molar-refractivity contribution in [1.82, 2.24) is 5.32 Å². The van der Waals surface area contributed by atoms with Crippen molar-refractivity contribution >= 4 is 23.5 Å². The van der Waals surface area contributed by atoms with Gasteiger partial charge in [0.05, 0.1) is 30.2 Å². The first-order valence-electron chi connectivity index (χ1n) is 8.15. The smallest absolute Gasteiger partial charge is 0.308 e. The molecule has 1 atom stereocenters. The number of halogens is 1. The first-order valence-corrected chi connectivity index (χ1v) is 8.53. The van der Waals surface area contributed by atoms with Gasteiger partial charge in [0, 0.05) is 10.6 Å².